The number of nitrogens with zero attached hydrogens (tertiary/aromatic N) is 1. The van der Waals surface area contributed by atoms with Gasteiger partial charge in [0.1, 0.15) is 0 Å². The topological polar surface area (TPSA) is 32.3 Å². The molecule has 3 heteroatoms. The van der Waals surface area contributed by atoms with Crippen molar-refractivity contribution in [3.63, 3.8) is 0 Å². The minimum Gasteiger partial charge on any atom is -0.376 e. The zero-order valence-electron chi connectivity index (χ0n) is 11.6. The van der Waals surface area contributed by atoms with E-state index in [1.165, 1.54) is 43.2 Å². The summed E-state index contributed by atoms with van der Waals surface area (Å²) in [6.07, 6.45) is 6.02. The molecular formula is C16H22N2O. The molecule has 1 aromatic rings. The summed E-state index contributed by atoms with van der Waals surface area (Å²) in [4.78, 5) is 14.1. The van der Waals surface area contributed by atoms with Gasteiger partial charge >= 0.3 is 0 Å². The first kappa shape index (κ1) is 12.5. The highest BCUT2D eigenvalue weighted by Gasteiger charge is 2.30. The summed E-state index contributed by atoms with van der Waals surface area (Å²) in [6.45, 7) is 3.31. The molecule has 1 aromatic carbocycles. The second kappa shape index (κ2) is 5.24. The third kappa shape index (κ3) is 2.75. The molecule has 1 saturated carbocycles. The third-order valence-corrected chi connectivity index (χ3v) is 4.19. The van der Waals surface area contributed by atoms with E-state index in [-0.39, 0.29) is 5.91 Å². The summed E-state index contributed by atoms with van der Waals surface area (Å²) in [5, 5.41) is 3.28. The first-order chi connectivity index (χ1) is 9.28. The van der Waals surface area contributed by atoms with Crippen molar-refractivity contribution in [3.8, 4) is 0 Å². The molecule has 19 heavy (non-hydrogen) atoms. The molecule has 1 amide bonds. The number of carbonyl (C=O) groups excluding carboxylic acids is 1. The summed E-state index contributed by atoms with van der Waals surface area (Å²) in [5.41, 5.74) is 4.01. The van der Waals surface area contributed by atoms with Crippen molar-refractivity contribution in [3.05, 3.63) is 29.3 Å². The Labute approximate surface area is 115 Å². The second-order valence-corrected chi connectivity index (χ2v) is 5.60. The van der Waals surface area contributed by atoms with Crippen LogP contribution in [-0.2, 0) is 17.6 Å². The molecule has 0 aliphatic heterocycles. The minimum absolute atomic E-state index is 0.227. The van der Waals surface area contributed by atoms with Crippen molar-refractivity contribution in [1.29, 1.82) is 0 Å². The van der Waals surface area contributed by atoms with Crippen molar-refractivity contribution in [2.24, 2.45) is 0 Å². The number of anilines is 1. The number of hydrogen-bond donors (Lipinski definition) is 1. The van der Waals surface area contributed by atoms with E-state index in [1.54, 1.807) is 0 Å². The number of rotatable bonds is 5. The summed E-state index contributed by atoms with van der Waals surface area (Å²) < 4.78 is 0. The Kier molecular flexibility index (Phi) is 3.45. The Morgan fingerprint density at radius 2 is 2.11 bits per heavy atom. The maximum Gasteiger partial charge on any atom is 0.242 e. The Bertz CT molecular complexity index is 480. The van der Waals surface area contributed by atoms with Crippen LogP contribution < -0.4 is 5.32 Å². The highest BCUT2D eigenvalue weighted by atomic mass is 16.2. The van der Waals surface area contributed by atoms with Crippen LogP contribution in [0.5, 0.6) is 0 Å². The molecule has 0 heterocycles. The molecule has 0 radical (unpaired) electrons. The van der Waals surface area contributed by atoms with Gasteiger partial charge in [-0.1, -0.05) is 6.07 Å². The predicted molar refractivity (Wildman–Crippen MR) is 77.4 cm³/mol. The summed E-state index contributed by atoms with van der Waals surface area (Å²) in [6, 6.07) is 7.03. The van der Waals surface area contributed by atoms with Gasteiger partial charge < -0.3 is 10.2 Å². The summed E-state index contributed by atoms with van der Waals surface area (Å²) in [5.74, 6) is 0.227. The number of nitrogens with one attached hydrogen (secondary N) is 1. The molecule has 0 aromatic heterocycles. The molecule has 2 aliphatic rings. The highest BCUT2D eigenvalue weighted by Crippen LogP contribution is 2.27. The van der Waals surface area contributed by atoms with Gasteiger partial charge in [-0.3, -0.25) is 4.79 Å². The number of likely N-dealkylation sites (N-methyl/N-ethyl adjacent to an activating group) is 1. The van der Waals surface area contributed by atoms with E-state index in [0.717, 1.165) is 12.2 Å². The van der Waals surface area contributed by atoms with E-state index in [2.05, 4.69) is 30.4 Å². The Hall–Kier alpha value is -1.51. The fourth-order valence-electron chi connectivity index (χ4n) is 2.99. The molecule has 3 rings (SSSR count). The normalized spacial score (nSPS) is 17.1. The van der Waals surface area contributed by atoms with Crippen LogP contribution in [0.2, 0.25) is 0 Å². The second-order valence-electron chi connectivity index (χ2n) is 5.60. The molecule has 2 aliphatic carbocycles. The standard InChI is InChI=1S/C16H22N2O/c1-2-18(15-8-9-15)16(19)11-17-14-7-6-12-4-3-5-13(12)10-14/h6-7,10,15,17H,2-5,8-9,11H2,1H3. The van der Waals surface area contributed by atoms with E-state index in [9.17, 15) is 4.79 Å². The quantitative estimate of drug-likeness (QED) is 0.880. The Balaban J connectivity index is 1.58. The zero-order valence-corrected chi connectivity index (χ0v) is 11.6. The lowest BCUT2D eigenvalue weighted by Gasteiger charge is -2.20. The van der Waals surface area contributed by atoms with Crippen LogP contribution in [0.15, 0.2) is 18.2 Å². The van der Waals surface area contributed by atoms with Gasteiger partial charge in [0.25, 0.3) is 0 Å². The third-order valence-electron chi connectivity index (χ3n) is 4.19. The maximum absolute atomic E-state index is 12.1. The van der Waals surface area contributed by atoms with Gasteiger partial charge in [0.05, 0.1) is 6.54 Å². The van der Waals surface area contributed by atoms with Gasteiger partial charge in [-0.15, -0.1) is 0 Å². The first-order valence-corrected chi connectivity index (χ1v) is 7.43. The first-order valence-electron chi connectivity index (χ1n) is 7.43. The van der Waals surface area contributed by atoms with Gasteiger partial charge in [0.15, 0.2) is 0 Å². The van der Waals surface area contributed by atoms with Crippen LogP contribution in [0.1, 0.15) is 37.3 Å². The molecular weight excluding hydrogens is 236 g/mol. The number of carbonyl (C=O) groups is 1. The van der Waals surface area contributed by atoms with Gasteiger partial charge in [-0.2, -0.15) is 0 Å². The van der Waals surface area contributed by atoms with E-state index in [1.807, 2.05) is 4.90 Å². The highest BCUT2D eigenvalue weighted by molar-refractivity contribution is 5.81. The van der Waals surface area contributed by atoms with Gasteiger partial charge in [-0.05, 0) is 62.3 Å². The molecule has 0 bridgehead atoms. The summed E-state index contributed by atoms with van der Waals surface area (Å²) in [7, 11) is 0. The van der Waals surface area contributed by atoms with Crippen molar-refractivity contribution < 1.29 is 4.79 Å². The Morgan fingerprint density at radius 1 is 1.32 bits per heavy atom. The molecule has 0 spiro atoms. The molecule has 1 N–H and O–H groups in total. The van der Waals surface area contributed by atoms with Crippen LogP contribution in [0.3, 0.4) is 0 Å². The lowest BCUT2D eigenvalue weighted by Crippen LogP contribution is -2.37. The van der Waals surface area contributed by atoms with Crippen LogP contribution >= 0.6 is 0 Å². The van der Waals surface area contributed by atoms with Crippen molar-refractivity contribution in [2.45, 2.75) is 45.1 Å². The van der Waals surface area contributed by atoms with Gasteiger partial charge in [0, 0.05) is 18.3 Å². The van der Waals surface area contributed by atoms with E-state index < -0.39 is 0 Å². The Morgan fingerprint density at radius 3 is 2.84 bits per heavy atom. The molecule has 3 nitrogen and oxygen atoms in total. The zero-order chi connectivity index (χ0) is 13.2. The predicted octanol–water partition coefficient (Wildman–Crippen LogP) is 2.60. The lowest BCUT2D eigenvalue weighted by molar-refractivity contribution is -0.129. The van der Waals surface area contributed by atoms with Crippen LogP contribution in [0.4, 0.5) is 5.69 Å². The molecule has 1 fully saturated rings. The van der Waals surface area contributed by atoms with E-state index in [0.29, 0.717) is 12.6 Å². The van der Waals surface area contributed by atoms with E-state index in [4.69, 9.17) is 0 Å². The fourth-order valence-corrected chi connectivity index (χ4v) is 2.99. The minimum atomic E-state index is 0.227. The number of hydrogen-bond acceptors (Lipinski definition) is 2. The average Bonchev–Trinajstić information content (AvgIpc) is 3.14. The smallest absolute Gasteiger partial charge is 0.242 e. The number of aryl methyl sites for hydroxylation is 2. The number of benzene rings is 1. The SMILES string of the molecule is CCN(C(=O)CNc1ccc2c(c1)CCC2)C1CC1. The van der Waals surface area contributed by atoms with Gasteiger partial charge in [-0.25, -0.2) is 0 Å². The average molecular weight is 258 g/mol. The molecule has 0 saturated heterocycles. The fraction of sp³-hybridized carbons (Fsp3) is 0.562. The lowest BCUT2D eigenvalue weighted by atomic mass is 10.1. The van der Waals surface area contributed by atoms with Crippen LogP contribution in [0.25, 0.3) is 0 Å². The van der Waals surface area contributed by atoms with E-state index >= 15 is 0 Å². The number of fused-ring (bicyclic) bond motifs is 1. The van der Waals surface area contributed by atoms with Crippen molar-refractivity contribution in [2.75, 3.05) is 18.4 Å². The van der Waals surface area contributed by atoms with Crippen LogP contribution in [-0.4, -0.2) is 29.9 Å². The molecule has 0 unspecified atom stereocenters. The number of amides is 1. The maximum atomic E-state index is 12.1. The van der Waals surface area contributed by atoms with Crippen molar-refractivity contribution >= 4 is 11.6 Å². The van der Waals surface area contributed by atoms with Gasteiger partial charge in [0.2, 0.25) is 5.91 Å². The largest absolute Gasteiger partial charge is 0.376 e. The monoisotopic (exact) mass is 258 g/mol. The molecule has 102 valence electrons. The summed E-state index contributed by atoms with van der Waals surface area (Å²) >= 11 is 0. The molecule has 0 atom stereocenters. The van der Waals surface area contributed by atoms with Crippen LogP contribution in [0, 0.1) is 0 Å². The van der Waals surface area contributed by atoms with Crippen molar-refractivity contribution in [1.82, 2.24) is 4.90 Å².